The predicted octanol–water partition coefficient (Wildman–Crippen LogP) is 3.82. The lowest BCUT2D eigenvalue weighted by Gasteiger charge is -2.28. The van der Waals surface area contributed by atoms with Crippen LogP contribution in [0.25, 0.3) is 10.8 Å². The molecule has 2 aromatic rings. The van der Waals surface area contributed by atoms with Crippen LogP contribution in [-0.2, 0) is 24.4 Å². The van der Waals surface area contributed by atoms with E-state index in [4.69, 9.17) is 9.47 Å². The number of rotatable bonds is 7. The molecule has 0 unspecified atom stereocenters. The second-order valence-electron chi connectivity index (χ2n) is 13.9. The Morgan fingerprint density at radius 3 is 2.66 bits per heavy atom. The number of nitrogens with zero attached hydrogens (tertiary/aromatic N) is 2. The fourth-order valence-electron chi connectivity index (χ4n) is 7.07. The van der Waals surface area contributed by atoms with Crippen LogP contribution in [0.5, 0.6) is 11.8 Å². The largest absolute Gasteiger partial charge is 0.481 e. The van der Waals surface area contributed by atoms with Crippen molar-refractivity contribution >= 4 is 38.5 Å². The summed E-state index contributed by atoms with van der Waals surface area (Å²) in [6.07, 6.45) is 6.52. The van der Waals surface area contributed by atoms with E-state index in [0.29, 0.717) is 17.7 Å². The minimum atomic E-state index is -4.30. The van der Waals surface area contributed by atoms with Crippen LogP contribution in [0.15, 0.2) is 42.5 Å². The summed E-state index contributed by atoms with van der Waals surface area (Å²) in [4.78, 5) is 47.6. The minimum absolute atomic E-state index is 0.0836. The van der Waals surface area contributed by atoms with Crippen LogP contribution in [0.3, 0.4) is 0 Å². The molecular formula is C34H43FN4O7S. The van der Waals surface area contributed by atoms with Gasteiger partial charge in [0.1, 0.15) is 29.1 Å². The number of methoxy groups -OCH3 is 1. The molecule has 6 rings (SSSR count). The van der Waals surface area contributed by atoms with Crippen LogP contribution in [0.1, 0.15) is 65.2 Å². The Morgan fingerprint density at radius 1 is 1.17 bits per heavy atom. The van der Waals surface area contributed by atoms with Crippen LogP contribution in [0.2, 0.25) is 0 Å². The second-order valence-corrected chi connectivity index (χ2v) is 16.0. The first-order valence-corrected chi connectivity index (χ1v) is 17.9. The highest BCUT2D eigenvalue weighted by Gasteiger charge is 2.64. The Morgan fingerprint density at radius 2 is 1.94 bits per heavy atom. The highest BCUT2D eigenvalue weighted by atomic mass is 32.2. The molecule has 1 aromatic heterocycles. The molecule has 254 valence electrons. The maximum Gasteiger partial charge on any atom is 0.259 e. The van der Waals surface area contributed by atoms with E-state index in [1.54, 1.807) is 6.07 Å². The van der Waals surface area contributed by atoms with Crippen molar-refractivity contribution in [3.05, 3.63) is 42.5 Å². The number of pyridine rings is 1. The molecule has 2 aliphatic heterocycles. The monoisotopic (exact) mass is 670 g/mol. The molecular weight excluding hydrogens is 627 g/mol. The van der Waals surface area contributed by atoms with Crippen LogP contribution in [0, 0.1) is 17.8 Å². The number of fused-ring (bicyclic) bond motifs is 3. The van der Waals surface area contributed by atoms with Crippen molar-refractivity contribution < 1.29 is 36.7 Å². The molecule has 11 nitrogen and oxygen atoms in total. The third kappa shape index (κ3) is 6.55. The first-order valence-electron chi connectivity index (χ1n) is 16.4. The van der Waals surface area contributed by atoms with E-state index >= 15 is 0 Å². The zero-order valence-corrected chi connectivity index (χ0v) is 27.9. The number of ether oxygens (including phenoxy) is 2. The summed E-state index contributed by atoms with van der Waals surface area (Å²) in [6, 6.07) is 8.37. The Kier molecular flexibility index (Phi) is 8.96. The first kappa shape index (κ1) is 33.2. The van der Waals surface area contributed by atoms with Gasteiger partial charge >= 0.3 is 0 Å². The topological polar surface area (TPSA) is 144 Å². The molecule has 6 atom stereocenters. The molecule has 2 aliphatic carbocycles. The lowest BCUT2D eigenvalue weighted by molar-refractivity contribution is -0.140. The first-order chi connectivity index (χ1) is 22.4. The van der Waals surface area contributed by atoms with E-state index in [2.05, 4.69) is 21.9 Å². The van der Waals surface area contributed by atoms with E-state index in [-0.39, 0.29) is 50.5 Å². The van der Waals surface area contributed by atoms with Crippen molar-refractivity contribution in [2.24, 2.45) is 17.8 Å². The van der Waals surface area contributed by atoms with E-state index < -0.39 is 56.9 Å². The van der Waals surface area contributed by atoms with Crippen LogP contribution >= 0.6 is 0 Å². The number of benzene rings is 1. The smallest absolute Gasteiger partial charge is 0.259 e. The Bertz CT molecular complexity index is 1700. The summed E-state index contributed by atoms with van der Waals surface area (Å²) in [6.45, 7) is 3.21. The quantitative estimate of drug-likeness (QED) is 0.424. The number of alkyl halides is 1. The normalized spacial score (nSPS) is 31.4. The van der Waals surface area contributed by atoms with Gasteiger partial charge in [-0.1, -0.05) is 44.2 Å². The number of nitrogens with one attached hydrogen (secondary N) is 2. The molecule has 0 radical (unpaired) electrons. The number of carbonyl (C=O) groups is 3. The Balaban J connectivity index is 1.29. The number of sulfonamides is 1. The molecule has 47 heavy (non-hydrogen) atoms. The molecule has 2 N–H and O–H groups in total. The van der Waals surface area contributed by atoms with Crippen LogP contribution in [-0.4, -0.2) is 78.8 Å². The summed E-state index contributed by atoms with van der Waals surface area (Å²) in [5.41, 5.74) is -1.54. The van der Waals surface area contributed by atoms with Crippen LogP contribution < -0.4 is 19.5 Å². The maximum absolute atomic E-state index is 14.1. The summed E-state index contributed by atoms with van der Waals surface area (Å²) in [5.74, 6) is -0.997. The van der Waals surface area contributed by atoms with Gasteiger partial charge in [-0.25, -0.2) is 12.8 Å². The predicted molar refractivity (Wildman–Crippen MR) is 173 cm³/mol. The lowest BCUT2D eigenvalue weighted by atomic mass is 9.91. The zero-order valence-electron chi connectivity index (χ0n) is 27.0. The number of amides is 3. The highest BCUT2D eigenvalue weighted by molar-refractivity contribution is 7.91. The third-order valence-corrected chi connectivity index (χ3v) is 12.3. The number of hydrogen-bond donors (Lipinski definition) is 2. The van der Waals surface area contributed by atoms with Gasteiger partial charge in [-0.3, -0.25) is 19.1 Å². The lowest BCUT2D eigenvalue weighted by Crippen LogP contribution is -2.57. The molecule has 3 heterocycles. The average Bonchev–Trinajstić information content (AvgIpc) is 3.93. The van der Waals surface area contributed by atoms with Crippen molar-refractivity contribution in [3.63, 3.8) is 0 Å². The molecule has 0 spiro atoms. The second kappa shape index (κ2) is 12.7. The van der Waals surface area contributed by atoms with Crippen LogP contribution in [0.4, 0.5) is 4.39 Å². The SMILES string of the molecule is COc1cc2ccccc2c(O[C@@H]2C[C@H]3C(=O)N[C@]4(C(=O)NS(=O)(=O)C5(CF)CC5)C[C@H]4/C=C\CC[C@H](C)C[C@@H](C)CC(=O)N3C2)n1. The fourth-order valence-corrected chi connectivity index (χ4v) is 8.49. The van der Waals surface area contributed by atoms with Gasteiger partial charge in [-0.05, 0) is 61.8 Å². The minimum Gasteiger partial charge on any atom is -0.481 e. The van der Waals surface area contributed by atoms with Gasteiger partial charge in [-0.15, -0.1) is 0 Å². The number of carbonyl (C=O) groups excluding carboxylic acids is 3. The molecule has 1 aromatic carbocycles. The van der Waals surface area contributed by atoms with Gasteiger partial charge in [0, 0.05) is 30.2 Å². The summed E-state index contributed by atoms with van der Waals surface area (Å²) in [7, 11) is -2.79. The zero-order chi connectivity index (χ0) is 33.6. The van der Waals surface area contributed by atoms with Crippen molar-refractivity contribution in [1.82, 2.24) is 19.9 Å². The van der Waals surface area contributed by atoms with Gasteiger partial charge in [0.15, 0.2) is 0 Å². The van der Waals surface area contributed by atoms with Gasteiger partial charge < -0.3 is 19.7 Å². The van der Waals surface area contributed by atoms with Gasteiger partial charge in [0.2, 0.25) is 33.6 Å². The van der Waals surface area contributed by atoms with Gasteiger partial charge in [0.05, 0.1) is 13.7 Å². The fraction of sp³-hybridized carbons (Fsp3) is 0.588. The van der Waals surface area contributed by atoms with Gasteiger partial charge in [-0.2, -0.15) is 4.98 Å². The standard InChI is InChI=1S/C34H43FN4O7S/c1-21-8-4-6-10-24-18-34(24,32(42)38-47(43,44)33(20-35)12-13-33)37-30(41)27-17-25(19-39(27)29(40)15-22(2)14-21)46-31-26-11-7-5-9-23(26)16-28(36-31)45-3/h5-7,9-11,16,21-22,24-25,27H,4,8,12-15,17-20H2,1-3H3,(H,37,41)(H,38,42)/b10-6-/t21-,22+,24+,25+,27-,34+/m0/s1. The molecule has 3 amide bonds. The van der Waals surface area contributed by atoms with Gasteiger partial charge in [0.25, 0.3) is 5.91 Å². The van der Waals surface area contributed by atoms with E-state index in [1.807, 2.05) is 43.3 Å². The summed E-state index contributed by atoms with van der Waals surface area (Å²) in [5, 5.41) is 4.46. The molecule has 3 fully saturated rings. The number of halogens is 1. The van der Waals surface area contributed by atoms with Crippen molar-refractivity contribution in [1.29, 1.82) is 0 Å². The van der Waals surface area contributed by atoms with Crippen molar-refractivity contribution in [2.75, 3.05) is 20.3 Å². The maximum atomic E-state index is 14.1. The third-order valence-electron chi connectivity index (χ3n) is 10.2. The highest BCUT2D eigenvalue weighted by Crippen LogP contribution is 2.48. The molecule has 0 bridgehead atoms. The molecule has 13 heteroatoms. The summed E-state index contributed by atoms with van der Waals surface area (Å²) >= 11 is 0. The number of hydrogen-bond acceptors (Lipinski definition) is 8. The number of allylic oxidation sites excluding steroid dienone is 1. The van der Waals surface area contributed by atoms with E-state index in [9.17, 15) is 27.2 Å². The Hall–Kier alpha value is -3.74. The van der Waals surface area contributed by atoms with E-state index in [0.717, 1.165) is 30.0 Å². The van der Waals surface area contributed by atoms with Crippen molar-refractivity contribution in [2.45, 2.75) is 87.6 Å². The van der Waals surface area contributed by atoms with Crippen molar-refractivity contribution in [3.8, 4) is 11.8 Å². The Labute approximate surface area is 274 Å². The van der Waals surface area contributed by atoms with E-state index in [1.165, 1.54) is 12.0 Å². The molecule has 1 saturated heterocycles. The molecule has 4 aliphatic rings. The summed E-state index contributed by atoms with van der Waals surface area (Å²) < 4.78 is 51.9. The average molecular weight is 671 g/mol. The number of aromatic nitrogens is 1. The molecule has 2 saturated carbocycles.